The molecule has 1 aromatic carbocycles. The normalized spacial score (nSPS) is 28.9. The molecule has 3 fully saturated rings. The van der Waals surface area contributed by atoms with E-state index in [-0.39, 0.29) is 18.0 Å². The van der Waals surface area contributed by atoms with E-state index < -0.39 is 5.60 Å². The maximum Gasteiger partial charge on any atom is 0.223 e. The minimum Gasteiger partial charge on any atom is -0.390 e. The Kier molecular flexibility index (Phi) is 3.68. The van der Waals surface area contributed by atoms with Crippen molar-refractivity contribution in [1.29, 1.82) is 0 Å². The van der Waals surface area contributed by atoms with Crippen LogP contribution in [0.1, 0.15) is 50.2 Å². The summed E-state index contributed by atoms with van der Waals surface area (Å²) >= 11 is 0. The second-order valence-electron chi connectivity index (χ2n) is 7.67. The van der Waals surface area contributed by atoms with Gasteiger partial charge in [-0.15, -0.1) is 0 Å². The van der Waals surface area contributed by atoms with Crippen molar-refractivity contribution in [1.82, 2.24) is 9.88 Å². The minimum absolute atomic E-state index is 0.208. The molecule has 1 amide bonds. The number of hydrogen-bond donors (Lipinski definition) is 2. The van der Waals surface area contributed by atoms with Crippen molar-refractivity contribution in [3.8, 4) is 0 Å². The second-order valence-corrected chi connectivity index (χ2v) is 7.67. The quantitative estimate of drug-likeness (QED) is 0.905. The SMILES string of the molecule is CCC1CC2(O)CC(C2)N1C(=O)CCc1c[nH]c2cccc(C)c12. The van der Waals surface area contributed by atoms with Crippen molar-refractivity contribution >= 4 is 16.8 Å². The van der Waals surface area contributed by atoms with Gasteiger partial charge in [-0.1, -0.05) is 19.1 Å². The molecule has 24 heavy (non-hydrogen) atoms. The van der Waals surface area contributed by atoms with Crippen LogP contribution >= 0.6 is 0 Å². The lowest BCUT2D eigenvalue weighted by molar-refractivity contribution is -0.178. The summed E-state index contributed by atoms with van der Waals surface area (Å²) in [5, 5.41) is 11.6. The Hall–Kier alpha value is -1.81. The molecule has 1 atom stereocenters. The molecular formula is C20H26N2O2. The van der Waals surface area contributed by atoms with E-state index in [0.29, 0.717) is 6.42 Å². The van der Waals surface area contributed by atoms with Crippen molar-refractivity contribution < 1.29 is 9.90 Å². The third-order valence-electron chi connectivity index (χ3n) is 6.00. The number of aryl methyl sites for hydroxylation is 2. The van der Waals surface area contributed by atoms with Gasteiger partial charge >= 0.3 is 0 Å². The van der Waals surface area contributed by atoms with E-state index >= 15 is 0 Å². The highest BCUT2D eigenvalue weighted by atomic mass is 16.3. The van der Waals surface area contributed by atoms with Gasteiger partial charge in [0.25, 0.3) is 0 Å². The number of carbonyl (C=O) groups excluding carboxylic acids is 1. The molecule has 1 unspecified atom stereocenters. The second kappa shape index (κ2) is 5.62. The van der Waals surface area contributed by atoms with Gasteiger partial charge in [0.1, 0.15) is 0 Å². The molecule has 2 N–H and O–H groups in total. The van der Waals surface area contributed by atoms with Crippen LogP contribution in [0.5, 0.6) is 0 Å². The lowest BCUT2D eigenvalue weighted by Crippen LogP contribution is -2.67. The fraction of sp³-hybridized carbons (Fsp3) is 0.550. The molecule has 3 aliphatic rings. The number of benzene rings is 1. The number of H-pyrrole nitrogens is 1. The van der Waals surface area contributed by atoms with E-state index in [4.69, 9.17) is 0 Å². The molecule has 5 rings (SSSR count). The molecule has 4 heteroatoms. The number of aliphatic hydroxyl groups is 1. The van der Waals surface area contributed by atoms with Crippen LogP contribution in [0.25, 0.3) is 10.9 Å². The predicted molar refractivity (Wildman–Crippen MR) is 94.9 cm³/mol. The van der Waals surface area contributed by atoms with E-state index in [1.165, 1.54) is 16.5 Å². The molecule has 128 valence electrons. The van der Waals surface area contributed by atoms with E-state index in [1.54, 1.807) is 0 Å². The average Bonchev–Trinajstić information content (AvgIpc) is 2.95. The third kappa shape index (κ3) is 2.44. The Balaban J connectivity index is 1.48. The van der Waals surface area contributed by atoms with Crippen molar-refractivity contribution in [3.05, 3.63) is 35.5 Å². The molecule has 1 aromatic heterocycles. The number of fused-ring (bicyclic) bond motifs is 3. The van der Waals surface area contributed by atoms with Gasteiger partial charge in [0.05, 0.1) is 5.60 Å². The summed E-state index contributed by atoms with van der Waals surface area (Å²) in [6.45, 7) is 4.23. The number of carbonyl (C=O) groups is 1. The Morgan fingerprint density at radius 1 is 1.38 bits per heavy atom. The Labute approximate surface area is 142 Å². The van der Waals surface area contributed by atoms with Gasteiger partial charge in [0.2, 0.25) is 5.91 Å². The van der Waals surface area contributed by atoms with Crippen LogP contribution in [-0.4, -0.2) is 38.6 Å². The van der Waals surface area contributed by atoms with Crippen LogP contribution in [0.4, 0.5) is 0 Å². The number of amides is 1. The molecule has 0 spiro atoms. The molecular weight excluding hydrogens is 300 g/mol. The van der Waals surface area contributed by atoms with E-state index in [1.807, 2.05) is 6.20 Å². The first-order valence-electron chi connectivity index (χ1n) is 9.10. The fourth-order valence-corrected chi connectivity index (χ4v) is 4.78. The summed E-state index contributed by atoms with van der Waals surface area (Å²) in [5.74, 6) is 0.247. The van der Waals surface area contributed by atoms with E-state index in [0.717, 1.165) is 37.6 Å². The van der Waals surface area contributed by atoms with Gasteiger partial charge in [0.15, 0.2) is 0 Å². The highest BCUT2D eigenvalue weighted by Crippen LogP contribution is 2.47. The maximum absolute atomic E-state index is 12.9. The summed E-state index contributed by atoms with van der Waals surface area (Å²) in [6, 6.07) is 6.72. The zero-order valence-corrected chi connectivity index (χ0v) is 14.5. The summed E-state index contributed by atoms with van der Waals surface area (Å²) in [6.07, 6.45) is 6.57. The summed E-state index contributed by atoms with van der Waals surface area (Å²) < 4.78 is 0. The number of piperidine rings is 2. The number of nitrogens with one attached hydrogen (secondary N) is 1. The van der Waals surface area contributed by atoms with Crippen LogP contribution in [0, 0.1) is 6.92 Å². The van der Waals surface area contributed by atoms with Crippen LogP contribution in [-0.2, 0) is 11.2 Å². The van der Waals surface area contributed by atoms with Crippen molar-refractivity contribution in [2.75, 3.05) is 0 Å². The molecule has 2 aliphatic heterocycles. The number of nitrogens with zero attached hydrogens (tertiary/aromatic N) is 1. The zero-order chi connectivity index (χ0) is 16.9. The first-order chi connectivity index (χ1) is 11.5. The minimum atomic E-state index is -0.490. The Morgan fingerprint density at radius 2 is 2.17 bits per heavy atom. The largest absolute Gasteiger partial charge is 0.390 e. The first-order valence-corrected chi connectivity index (χ1v) is 9.10. The monoisotopic (exact) mass is 326 g/mol. The number of aromatic amines is 1. The lowest BCUT2D eigenvalue weighted by Gasteiger charge is -2.58. The van der Waals surface area contributed by atoms with Crippen LogP contribution in [0.2, 0.25) is 0 Å². The highest BCUT2D eigenvalue weighted by molar-refractivity contribution is 5.87. The smallest absolute Gasteiger partial charge is 0.223 e. The fourth-order valence-electron chi connectivity index (χ4n) is 4.78. The number of hydrogen-bond acceptors (Lipinski definition) is 2. The highest BCUT2D eigenvalue weighted by Gasteiger charge is 2.54. The van der Waals surface area contributed by atoms with Crippen LogP contribution < -0.4 is 0 Å². The lowest BCUT2D eigenvalue weighted by atomic mass is 9.66. The number of rotatable bonds is 4. The molecule has 2 bridgehead atoms. The van der Waals surface area contributed by atoms with Crippen molar-refractivity contribution in [3.63, 3.8) is 0 Å². The standard InChI is InChI=1S/C20H26N2O2/c1-3-15-9-20(24)10-16(11-20)22(15)18(23)8-7-14-12-21-17-6-4-5-13(2)19(14)17/h4-6,12,15-16,21,24H,3,7-11H2,1-2H3. The number of aromatic nitrogens is 1. The maximum atomic E-state index is 12.9. The van der Waals surface area contributed by atoms with Gasteiger partial charge in [-0.25, -0.2) is 0 Å². The molecule has 3 heterocycles. The Morgan fingerprint density at radius 3 is 2.92 bits per heavy atom. The first kappa shape index (κ1) is 15.7. The molecule has 2 saturated heterocycles. The van der Waals surface area contributed by atoms with Gasteiger partial charge < -0.3 is 15.0 Å². The summed E-state index contributed by atoms with van der Waals surface area (Å²) in [7, 11) is 0. The van der Waals surface area contributed by atoms with Gasteiger partial charge in [0, 0.05) is 35.6 Å². The predicted octanol–water partition coefficient (Wildman–Crippen LogP) is 3.31. The summed E-state index contributed by atoms with van der Waals surface area (Å²) in [5.41, 5.74) is 3.14. The molecule has 1 saturated carbocycles. The van der Waals surface area contributed by atoms with Crippen molar-refractivity contribution in [2.24, 2.45) is 0 Å². The van der Waals surface area contributed by atoms with Gasteiger partial charge in [-0.05, 0) is 56.2 Å². The van der Waals surface area contributed by atoms with Crippen LogP contribution in [0.3, 0.4) is 0 Å². The topological polar surface area (TPSA) is 56.3 Å². The molecule has 2 aromatic rings. The van der Waals surface area contributed by atoms with Crippen LogP contribution in [0.15, 0.2) is 24.4 Å². The zero-order valence-electron chi connectivity index (χ0n) is 14.5. The Bertz CT molecular complexity index is 773. The molecule has 0 radical (unpaired) electrons. The summed E-state index contributed by atoms with van der Waals surface area (Å²) in [4.78, 5) is 18.3. The molecule has 1 aliphatic carbocycles. The van der Waals surface area contributed by atoms with E-state index in [9.17, 15) is 9.90 Å². The van der Waals surface area contributed by atoms with Gasteiger partial charge in [-0.3, -0.25) is 4.79 Å². The van der Waals surface area contributed by atoms with E-state index in [2.05, 4.69) is 41.9 Å². The van der Waals surface area contributed by atoms with Gasteiger partial charge in [-0.2, -0.15) is 0 Å². The average molecular weight is 326 g/mol. The third-order valence-corrected chi connectivity index (χ3v) is 6.00. The van der Waals surface area contributed by atoms with Crippen molar-refractivity contribution in [2.45, 2.75) is 70.1 Å². The molecule has 4 nitrogen and oxygen atoms in total.